The van der Waals surface area contributed by atoms with E-state index in [1.54, 1.807) is 6.26 Å². The SMILES string of the molecule is CC1C[CH]C(C(N)=O)CC1N1C=CON1. The van der Waals surface area contributed by atoms with Gasteiger partial charge in [0.2, 0.25) is 5.91 Å². The molecule has 3 atom stereocenters. The molecule has 0 aromatic heterocycles. The first-order valence-electron chi connectivity index (χ1n) is 5.17. The molecule has 1 fully saturated rings. The van der Waals surface area contributed by atoms with E-state index in [4.69, 9.17) is 10.6 Å². The minimum atomic E-state index is -0.240. The Morgan fingerprint density at radius 2 is 2.47 bits per heavy atom. The number of rotatable bonds is 2. The highest BCUT2D eigenvalue weighted by molar-refractivity contribution is 5.78. The summed E-state index contributed by atoms with van der Waals surface area (Å²) in [6, 6.07) is 0.256. The molecule has 15 heavy (non-hydrogen) atoms. The Bertz CT molecular complexity index is 280. The van der Waals surface area contributed by atoms with Gasteiger partial charge in [-0.25, -0.2) is 0 Å². The molecule has 0 spiro atoms. The predicted molar refractivity (Wildman–Crippen MR) is 54.4 cm³/mol. The highest BCUT2D eigenvalue weighted by Crippen LogP contribution is 2.31. The first-order valence-corrected chi connectivity index (χ1v) is 5.17. The molecule has 5 heteroatoms. The van der Waals surface area contributed by atoms with Gasteiger partial charge in [0, 0.05) is 5.92 Å². The fourth-order valence-corrected chi connectivity index (χ4v) is 2.14. The van der Waals surface area contributed by atoms with Crippen molar-refractivity contribution in [2.45, 2.75) is 25.8 Å². The zero-order valence-corrected chi connectivity index (χ0v) is 8.72. The van der Waals surface area contributed by atoms with Crippen LogP contribution in [0.3, 0.4) is 0 Å². The van der Waals surface area contributed by atoms with Crippen molar-refractivity contribution in [1.82, 2.24) is 10.6 Å². The van der Waals surface area contributed by atoms with Gasteiger partial charge in [-0.15, -0.1) is 0 Å². The number of carbonyl (C=O) groups is 1. The third-order valence-electron chi connectivity index (χ3n) is 3.12. The van der Waals surface area contributed by atoms with Gasteiger partial charge in [0.15, 0.2) is 0 Å². The Morgan fingerprint density at radius 3 is 3.07 bits per heavy atom. The Morgan fingerprint density at radius 1 is 1.67 bits per heavy atom. The predicted octanol–water partition coefficient (Wildman–Crippen LogP) is 0.314. The number of nitrogens with two attached hydrogens (primary N) is 1. The van der Waals surface area contributed by atoms with Crippen molar-refractivity contribution < 1.29 is 9.63 Å². The van der Waals surface area contributed by atoms with Crippen LogP contribution in [0, 0.1) is 18.3 Å². The summed E-state index contributed by atoms with van der Waals surface area (Å²) in [5.41, 5.74) is 8.09. The maximum atomic E-state index is 11.1. The number of carbonyl (C=O) groups excluding carboxylic acids is 1. The van der Waals surface area contributed by atoms with Gasteiger partial charge in [-0.05, 0) is 25.2 Å². The van der Waals surface area contributed by atoms with Crippen LogP contribution in [0.2, 0.25) is 0 Å². The van der Waals surface area contributed by atoms with Crippen LogP contribution in [0.25, 0.3) is 0 Å². The summed E-state index contributed by atoms with van der Waals surface area (Å²) in [7, 11) is 0. The molecule has 1 aliphatic carbocycles. The molecule has 3 unspecified atom stereocenters. The molecule has 1 saturated carbocycles. The quantitative estimate of drug-likeness (QED) is 0.688. The third-order valence-corrected chi connectivity index (χ3v) is 3.12. The zero-order chi connectivity index (χ0) is 10.8. The number of hydrogen-bond donors (Lipinski definition) is 2. The first-order chi connectivity index (χ1) is 7.18. The first kappa shape index (κ1) is 10.3. The molecule has 1 radical (unpaired) electrons. The third kappa shape index (κ3) is 2.07. The molecule has 1 amide bonds. The van der Waals surface area contributed by atoms with Crippen molar-refractivity contribution in [2.75, 3.05) is 0 Å². The van der Waals surface area contributed by atoms with Gasteiger partial charge in [0.05, 0.1) is 12.2 Å². The maximum absolute atomic E-state index is 11.1. The lowest BCUT2D eigenvalue weighted by Crippen LogP contribution is -2.47. The van der Waals surface area contributed by atoms with E-state index in [0.29, 0.717) is 5.92 Å². The van der Waals surface area contributed by atoms with E-state index in [-0.39, 0.29) is 17.9 Å². The van der Waals surface area contributed by atoms with E-state index >= 15 is 0 Å². The minimum Gasteiger partial charge on any atom is -0.395 e. The van der Waals surface area contributed by atoms with Gasteiger partial charge in [0.25, 0.3) is 0 Å². The summed E-state index contributed by atoms with van der Waals surface area (Å²) < 4.78 is 0. The standard InChI is InChI=1S/C10H16N3O2/c1-7-2-3-8(10(11)14)6-9(7)13-4-5-15-12-13/h3-5,7-9,12H,2,6H2,1H3,(H2,11,14). The minimum absolute atomic E-state index is 0.123. The Balaban J connectivity index is 2.01. The highest BCUT2D eigenvalue weighted by atomic mass is 16.7. The lowest BCUT2D eigenvalue weighted by molar-refractivity contribution is -0.122. The van der Waals surface area contributed by atoms with Gasteiger partial charge < -0.3 is 10.6 Å². The Kier molecular flexibility index (Phi) is 2.81. The summed E-state index contributed by atoms with van der Waals surface area (Å²) in [6.45, 7) is 2.16. The van der Waals surface area contributed by atoms with Crippen LogP contribution >= 0.6 is 0 Å². The van der Waals surface area contributed by atoms with Crippen LogP contribution in [0.4, 0.5) is 0 Å². The van der Waals surface area contributed by atoms with E-state index in [1.165, 1.54) is 0 Å². The van der Waals surface area contributed by atoms with Gasteiger partial charge in [0.1, 0.15) is 6.26 Å². The van der Waals surface area contributed by atoms with Crippen molar-refractivity contribution in [2.24, 2.45) is 17.6 Å². The molecule has 1 heterocycles. The molecule has 2 aliphatic rings. The second kappa shape index (κ2) is 4.10. The number of hydrogen-bond acceptors (Lipinski definition) is 4. The molecule has 5 nitrogen and oxygen atoms in total. The molecule has 3 N–H and O–H groups in total. The summed E-state index contributed by atoms with van der Waals surface area (Å²) in [5.74, 6) is 0.123. The van der Waals surface area contributed by atoms with E-state index in [2.05, 4.69) is 12.5 Å². The topological polar surface area (TPSA) is 67.6 Å². The smallest absolute Gasteiger partial charge is 0.220 e. The second-order valence-corrected chi connectivity index (χ2v) is 4.16. The normalized spacial score (nSPS) is 35.3. The number of nitrogens with zero attached hydrogens (tertiary/aromatic N) is 1. The largest absolute Gasteiger partial charge is 0.395 e. The summed E-state index contributed by atoms with van der Waals surface area (Å²) in [6.07, 6.45) is 7.10. The average Bonchev–Trinajstić information content (AvgIpc) is 2.71. The van der Waals surface area contributed by atoms with Crippen molar-refractivity contribution >= 4 is 5.91 Å². The zero-order valence-electron chi connectivity index (χ0n) is 8.72. The van der Waals surface area contributed by atoms with E-state index in [1.807, 2.05) is 17.6 Å². The molecule has 2 rings (SSSR count). The lowest BCUT2D eigenvalue weighted by Gasteiger charge is -2.37. The maximum Gasteiger partial charge on any atom is 0.220 e. The molecular formula is C10H16N3O2. The summed E-state index contributed by atoms with van der Waals surface area (Å²) in [4.78, 5) is 16.0. The Hall–Kier alpha value is -1.23. The number of hydrazine groups is 1. The second-order valence-electron chi connectivity index (χ2n) is 4.16. The molecular weight excluding hydrogens is 194 g/mol. The van der Waals surface area contributed by atoms with Gasteiger partial charge in [-0.1, -0.05) is 12.5 Å². The fraction of sp³-hybridized carbons (Fsp3) is 0.600. The Labute approximate surface area is 89.2 Å². The van der Waals surface area contributed by atoms with E-state index in [0.717, 1.165) is 12.8 Å². The summed E-state index contributed by atoms with van der Waals surface area (Å²) in [5, 5.41) is 1.90. The van der Waals surface area contributed by atoms with Crippen LogP contribution < -0.4 is 11.3 Å². The van der Waals surface area contributed by atoms with E-state index < -0.39 is 0 Å². The van der Waals surface area contributed by atoms with Crippen LogP contribution in [0.1, 0.15) is 19.8 Å². The number of nitrogens with one attached hydrogen (secondary N) is 1. The van der Waals surface area contributed by atoms with Crippen molar-refractivity contribution in [1.29, 1.82) is 0 Å². The van der Waals surface area contributed by atoms with Gasteiger partial charge in [-0.2, -0.15) is 0 Å². The molecule has 0 aromatic rings. The van der Waals surface area contributed by atoms with Gasteiger partial charge in [-0.3, -0.25) is 9.80 Å². The fourth-order valence-electron chi connectivity index (χ4n) is 2.14. The lowest BCUT2D eigenvalue weighted by atomic mass is 9.78. The van der Waals surface area contributed by atoms with Crippen LogP contribution in [-0.4, -0.2) is 17.0 Å². The molecule has 0 aromatic carbocycles. The number of amides is 1. The summed E-state index contributed by atoms with van der Waals surface area (Å²) >= 11 is 0. The van der Waals surface area contributed by atoms with Crippen molar-refractivity contribution in [3.05, 3.63) is 18.9 Å². The van der Waals surface area contributed by atoms with Crippen LogP contribution in [-0.2, 0) is 9.63 Å². The average molecular weight is 210 g/mol. The van der Waals surface area contributed by atoms with Crippen LogP contribution in [0.5, 0.6) is 0 Å². The number of primary amides is 1. The highest BCUT2D eigenvalue weighted by Gasteiger charge is 2.34. The molecule has 0 bridgehead atoms. The molecule has 0 saturated heterocycles. The van der Waals surface area contributed by atoms with E-state index in [9.17, 15) is 4.79 Å². The monoisotopic (exact) mass is 210 g/mol. The van der Waals surface area contributed by atoms with Crippen LogP contribution in [0.15, 0.2) is 12.5 Å². The van der Waals surface area contributed by atoms with Crippen molar-refractivity contribution in [3.63, 3.8) is 0 Å². The van der Waals surface area contributed by atoms with Gasteiger partial charge >= 0.3 is 0 Å². The van der Waals surface area contributed by atoms with Crippen molar-refractivity contribution in [3.8, 4) is 0 Å². The molecule has 83 valence electrons. The molecule has 1 aliphatic heterocycles.